The van der Waals surface area contributed by atoms with E-state index in [1.165, 1.54) is 0 Å². The van der Waals surface area contributed by atoms with Crippen molar-refractivity contribution >= 4 is 23.6 Å². The highest BCUT2D eigenvalue weighted by molar-refractivity contribution is 6.20. The fraction of sp³-hybridized carbons (Fsp3) is 0.333. The molecule has 118 valence electrons. The van der Waals surface area contributed by atoms with Crippen LogP contribution in [0.1, 0.15) is 18.5 Å². The second-order valence-electron chi connectivity index (χ2n) is 4.55. The first-order valence-corrected chi connectivity index (χ1v) is 7.31. The summed E-state index contributed by atoms with van der Waals surface area (Å²) >= 11 is 5.86. The molecular weight excluding hydrogens is 308 g/mol. The molecule has 0 bridgehead atoms. The molecular formula is C15H17ClN2O4. The third kappa shape index (κ3) is 3.33. The van der Waals surface area contributed by atoms with Crippen LogP contribution in [0.2, 0.25) is 0 Å². The van der Waals surface area contributed by atoms with Crippen LogP contribution in [-0.2, 0) is 9.53 Å². The minimum atomic E-state index is -0.618. The summed E-state index contributed by atoms with van der Waals surface area (Å²) in [5.74, 6) is 0.184. The Hall–Kier alpha value is -2.21. The highest BCUT2D eigenvalue weighted by atomic mass is 35.5. The monoisotopic (exact) mass is 324 g/mol. The van der Waals surface area contributed by atoms with Crippen LogP contribution in [0.3, 0.4) is 0 Å². The molecule has 2 amide bonds. The lowest BCUT2D eigenvalue weighted by molar-refractivity contribution is -0.139. The van der Waals surface area contributed by atoms with Gasteiger partial charge in [-0.15, -0.1) is 11.6 Å². The molecule has 0 fully saturated rings. The average Bonchev–Trinajstić information content (AvgIpc) is 2.54. The molecule has 0 radical (unpaired) electrons. The molecule has 0 saturated heterocycles. The predicted molar refractivity (Wildman–Crippen MR) is 81.8 cm³/mol. The Labute approximate surface area is 133 Å². The van der Waals surface area contributed by atoms with Gasteiger partial charge >= 0.3 is 12.0 Å². The number of halogens is 1. The Bertz CT molecular complexity index is 598. The molecule has 1 atom stereocenters. The third-order valence-electron chi connectivity index (χ3n) is 3.23. The lowest BCUT2D eigenvalue weighted by atomic mass is 9.95. The van der Waals surface area contributed by atoms with Crippen molar-refractivity contribution in [1.29, 1.82) is 0 Å². The van der Waals surface area contributed by atoms with E-state index in [0.29, 0.717) is 17.0 Å². The summed E-state index contributed by atoms with van der Waals surface area (Å²) in [6, 6.07) is 6.04. The molecule has 1 aromatic rings. The van der Waals surface area contributed by atoms with Gasteiger partial charge in [-0.25, -0.2) is 9.59 Å². The Balaban J connectivity index is 2.44. The van der Waals surface area contributed by atoms with E-state index in [0.717, 1.165) is 5.56 Å². The van der Waals surface area contributed by atoms with Gasteiger partial charge in [-0.1, -0.05) is 12.1 Å². The molecule has 1 aliphatic heterocycles. The van der Waals surface area contributed by atoms with E-state index >= 15 is 0 Å². The van der Waals surface area contributed by atoms with E-state index in [9.17, 15) is 9.59 Å². The largest absolute Gasteiger partial charge is 0.497 e. The molecule has 1 aromatic carbocycles. The zero-order valence-corrected chi connectivity index (χ0v) is 13.1. The number of nitrogens with one attached hydrogen (secondary N) is 2. The number of allylic oxidation sites excluding steroid dienone is 1. The zero-order valence-electron chi connectivity index (χ0n) is 12.3. The van der Waals surface area contributed by atoms with Crippen LogP contribution in [0.15, 0.2) is 35.5 Å². The minimum Gasteiger partial charge on any atom is -0.497 e. The standard InChI is InChI=1S/C15H17ClN2O4/c1-3-22-14(19)12-11(8-16)17-15(20)18-13(12)9-4-6-10(21-2)7-5-9/h4-7,13H,3,8H2,1-2H3,(H2,17,18,20). The van der Waals surface area contributed by atoms with Gasteiger partial charge in [-0.05, 0) is 24.6 Å². The number of carbonyl (C=O) groups is 2. The second kappa shape index (κ2) is 7.17. The number of hydrogen-bond acceptors (Lipinski definition) is 4. The van der Waals surface area contributed by atoms with Gasteiger partial charge in [0.15, 0.2) is 0 Å². The smallest absolute Gasteiger partial charge is 0.338 e. The highest BCUT2D eigenvalue weighted by Crippen LogP contribution is 2.29. The third-order valence-corrected chi connectivity index (χ3v) is 3.50. The number of carbonyl (C=O) groups excluding carboxylic acids is 2. The van der Waals surface area contributed by atoms with E-state index in [-0.39, 0.29) is 12.5 Å². The van der Waals surface area contributed by atoms with Crippen LogP contribution in [-0.4, -0.2) is 31.6 Å². The van der Waals surface area contributed by atoms with Gasteiger partial charge in [0.05, 0.1) is 31.2 Å². The first-order chi connectivity index (χ1) is 10.6. The maximum Gasteiger partial charge on any atom is 0.338 e. The predicted octanol–water partition coefficient (Wildman–Crippen LogP) is 2.11. The molecule has 2 N–H and O–H groups in total. The van der Waals surface area contributed by atoms with Crippen LogP contribution in [0, 0.1) is 0 Å². The summed E-state index contributed by atoms with van der Waals surface area (Å²) in [5.41, 5.74) is 1.40. The van der Waals surface area contributed by atoms with Crippen molar-refractivity contribution in [3.05, 3.63) is 41.1 Å². The number of benzene rings is 1. The van der Waals surface area contributed by atoms with Crippen molar-refractivity contribution in [2.24, 2.45) is 0 Å². The topological polar surface area (TPSA) is 76.7 Å². The Kier molecular flexibility index (Phi) is 5.27. The number of methoxy groups -OCH3 is 1. The van der Waals surface area contributed by atoms with Crippen molar-refractivity contribution in [2.45, 2.75) is 13.0 Å². The van der Waals surface area contributed by atoms with Crippen LogP contribution < -0.4 is 15.4 Å². The molecule has 1 aliphatic rings. The van der Waals surface area contributed by atoms with Gasteiger partial charge in [-0.2, -0.15) is 0 Å². The first-order valence-electron chi connectivity index (χ1n) is 6.78. The number of esters is 1. The van der Waals surface area contributed by atoms with Crippen LogP contribution >= 0.6 is 11.6 Å². The molecule has 0 aliphatic carbocycles. The summed E-state index contributed by atoms with van der Waals surface area (Å²) in [6.07, 6.45) is 0. The van der Waals surface area contributed by atoms with Crippen molar-refractivity contribution in [3.8, 4) is 5.75 Å². The maximum absolute atomic E-state index is 12.2. The van der Waals surface area contributed by atoms with Gasteiger partial charge in [-0.3, -0.25) is 0 Å². The van der Waals surface area contributed by atoms with Crippen molar-refractivity contribution < 1.29 is 19.1 Å². The van der Waals surface area contributed by atoms with Crippen LogP contribution in [0.4, 0.5) is 4.79 Å². The van der Waals surface area contributed by atoms with Gasteiger partial charge in [0.25, 0.3) is 0 Å². The van der Waals surface area contributed by atoms with E-state index < -0.39 is 18.0 Å². The number of urea groups is 1. The molecule has 22 heavy (non-hydrogen) atoms. The van der Waals surface area contributed by atoms with Crippen molar-refractivity contribution in [2.75, 3.05) is 19.6 Å². The molecule has 0 aromatic heterocycles. The maximum atomic E-state index is 12.2. The Morgan fingerprint density at radius 2 is 2.00 bits per heavy atom. The van der Waals surface area contributed by atoms with E-state index in [1.807, 2.05) is 0 Å². The molecule has 0 spiro atoms. The van der Waals surface area contributed by atoms with E-state index in [4.69, 9.17) is 21.1 Å². The fourth-order valence-electron chi connectivity index (χ4n) is 2.22. The van der Waals surface area contributed by atoms with Gasteiger partial charge in [0.2, 0.25) is 0 Å². The lowest BCUT2D eigenvalue weighted by Crippen LogP contribution is -2.46. The quantitative estimate of drug-likeness (QED) is 0.642. The molecule has 2 rings (SSSR count). The zero-order chi connectivity index (χ0) is 16.1. The van der Waals surface area contributed by atoms with Gasteiger partial charge in [0, 0.05) is 5.70 Å². The molecule has 1 unspecified atom stereocenters. The molecule has 1 heterocycles. The molecule has 6 nitrogen and oxygen atoms in total. The fourth-order valence-corrected chi connectivity index (χ4v) is 2.43. The number of ether oxygens (including phenoxy) is 2. The Morgan fingerprint density at radius 1 is 1.32 bits per heavy atom. The average molecular weight is 325 g/mol. The van der Waals surface area contributed by atoms with E-state index in [2.05, 4.69) is 10.6 Å². The minimum absolute atomic E-state index is 0.00816. The van der Waals surface area contributed by atoms with Crippen molar-refractivity contribution in [3.63, 3.8) is 0 Å². The first kappa shape index (κ1) is 16.2. The number of amides is 2. The van der Waals surface area contributed by atoms with E-state index in [1.54, 1.807) is 38.3 Å². The SMILES string of the molecule is CCOC(=O)C1=C(CCl)NC(=O)NC1c1ccc(OC)cc1. The summed E-state index contributed by atoms with van der Waals surface area (Å²) in [7, 11) is 1.57. The molecule has 0 saturated carbocycles. The molecule has 7 heteroatoms. The normalized spacial score (nSPS) is 17.6. The van der Waals surface area contributed by atoms with Gasteiger partial charge in [0.1, 0.15) is 5.75 Å². The lowest BCUT2D eigenvalue weighted by Gasteiger charge is -2.28. The summed E-state index contributed by atoms with van der Waals surface area (Å²) in [5, 5.41) is 5.27. The van der Waals surface area contributed by atoms with Crippen LogP contribution in [0.25, 0.3) is 0 Å². The summed E-state index contributed by atoms with van der Waals surface area (Å²) in [4.78, 5) is 24.0. The second-order valence-corrected chi connectivity index (χ2v) is 4.82. The number of alkyl halides is 1. The van der Waals surface area contributed by atoms with Crippen molar-refractivity contribution in [1.82, 2.24) is 10.6 Å². The Morgan fingerprint density at radius 3 is 2.55 bits per heavy atom. The number of rotatable bonds is 5. The van der Waals surface area contributed by atoms with Gasteiger partial charge < -0.3 is 20.1 Å². The number of hydrogen-bond donors (Lipinski definition) is 2. The van der Waals surface area contributed by atoms with Crippen LogP contribution in [0.5, 0.6) is 5.75 Å². The summed E-state index contributed by atoms with van der Waals surface area (Å²) in [6.45, 7) is 1.96. The summed E-state index contributed by atoms with van der Waals surface area (Å²) < 4.78 is 10.2. The highest BCUT2D eigenvalue weighted by Gasteiger charge is 2.33.